The Morgan fingerprint density at radius 2 is 2.18 bits per heavy atom. The highest BCUT2D eigenvalue weighted by Gasteiger charge is 2.26. The number of methoxy groups -OCH3 is 1. The van der Waals surface area contributed by atoms with E-state index in [1.54, 1.807) is 27.2 Å². The number of halogens is 1. The highest BCUT2D eigenvalue weighted by Crippen LogP contribution is 2.27. The highest BCUT2D eigenvalue weighted by atomic mass is 35.5. The Balaban J connectivity index is 2.26. The van der Waals surface area contributed by atoms with Crippen LogP contribution >= 0.6 is 11.6 Å². The molecule has 0 unspecified atom stereocenters. The predicted octanol–water partition coefficient (Wildman–Crippen LogP) is 3.10. The number of hydrogen-bond acceptors (Lipinski definition) is 4. The van der Waals surface area contributed by atoms with Crippen LogP contribution in [0.1, 0.15) is 19.4 Å². The van der Waals surface area contributed by atoms with Crippen molar-refractivity contribution in [3.05, 3.63) is 35.0 Å². The second kappa shape index (κ2) is 6.50. The quantitative estimate of drug-likeness (QED) is 0.855. The van der Waals surface area contributed by atoms with Crippen molar-refractivity contribution in [1.82, 2.24) is 10.3 Å². The summed E-state index contributed by atoms with van der Waals surface area (Å²) < 4.78 is 5.24. The number of carbonyl (C=O) groups is 1. The second-order valence-corrected chi connectivity index (χ2v) is 6.17. The molecule has 6 heteroatoms. The van der Waals surface area contributed by atoms with Crippen molar-refractivity contribution in [2.45, 2.75) is 20.4 Å². The van der Waals surface area contributed by atoms with Crippen LogP contribution in [0.5, 0.6) is 5.75 Å². The number of nitrogens with zero attached hydrogens (tertiary/aromatic N) is 1. The third-order valence-electron chi connectivity index (χ3n) is 3.58. The van der Waals surface area contributed by atoms with Crippen LogP contribution in [-0.2, 0) is 11.3 Å². The summed E-state index contributed by atoms with van der Waals surface area (Å²) in [6, 6.07) is 5.59. The standard InChI is InChI=1S/C16H19ClN2O3/c1-16(2,15(20)21)9-18-7-12-11-6-10(22-3)4-5-14(11)19-8-13(12)17/h4-6,8,18H,7,9H2,1-3H3,(H,20,21). The number of pyridine rings is 1. The number of benzene rings is 1. The Labute approximate surface area is 134 Å². The van der Waals surface area contributed by atoms with Crippen molar-refractivity contribution >= 4 is 28.5 Å². The monoisotopic (exact) mass is 322 g/mol. The molecule has 2 rings (SSSR count). The molecule has 118 valence electrons. The molecule has 2 aromatic rings. The molecule has 0 saturated heterocycles. The van der Waals surface area contributed by atoms with E-state index in [0.717, 1.165) is 22.2 Å². The number of hydrogen-bond donors (Lipinski definition) is 2. The highest BCUT2D eigenvalue weighted by molar-refractivity contribution is 6.32. The Morgan fingerprint density at radius 1 is 1.45 bits per heavy atom. The van der Waals surface area contributed by atoms with Gasteiger partial charge < -0.3 is 15.2 Å². The maximum Gasteiger partial charge on any atom is 0.310 e. The van der Waals surface area contributed by atoms with Crippen LogP contribution in [0.3, 0.4) is 0 Å². The van der Waals surface area contributed by atoms with Crippen molar-refractivity contribution in [1.29, 1.82) is 0 Å². The van der Waals surface area contributed by atoms with Crippen LogP contribution in [0.4, 0.5) is 0 Å². The number of carboxylic acid groups (broad SMARTS) is 1. The Kier molecular flexibility index (Phi) is 4.88. The maximum atomic E-state index is 11.1. The molecule has 1 heterocycles. The Bertz CT molecular complexity index is 701. The van der Waals surface area contributed by atoms with Crippen LogP contribution in [-0.4, -0.2) is 29.7 Å². The minimum absolute atomic E-state index is 0.340. The third kappa shape index (κ3) is 3.48. The zero-order valence-corrected chi connectivity index (χ0v) is 13.6. The van der Waals surface area contributed by atoms with E-state index in [1.165, 1.54) is 0 Å². The lowest BCUT2D eigenvalue weighted by Gasteiger charge is -2.20. The number of carboxylic acids is 1. The SMILES string of the molecule is COc1ccc2ncc(Cl)c(CNCC(C)(C)C(=O)O)c2c1. The Morgan fingerprint density at radius 3 is 2.82 bits per heavy atom. The van der Waals surface area contributed by atoms with Crippen molar-refractivity contribution in [3.8, 4) is 5.75 Å². The summed E-state index contributed by atoms with van der Waals surface area (Å²) in [6.45, 7) is 4.16. The van der Waals surface area contributed by atoms with Gasteiger partial charge in [0.15, 0.2) is 0 Å². The van der Waals surface area contributed by atoms with Crippen LogP contribution in [0, 0.1) is 5.41 Å². The first-order chi connectivity index (χ1) is 10.3. The average Bonchev–Trinajstić information content (AvgIpc) is 2.48. The van der Waals surface area contributed by atoms with E-state index in [4.69, 9.17) is 21.4 Å². The summed E-state index contributed by atoms with van der Waals surface area (Å²) in [5.41, 5.74) is 0.860. The molecule has 22 heavy (non-hydrogen) atoms. The summed E-state index contributed by atoms with van der Waals surface area (Å²) >= 11 is 6.25. The van der Waals surface area contributed by atoms with Gasteiger partial charge in [0.05, 0.1) is 23.1 Å². The molecule has 5 nitrogen and oxygen atoms in total. The van der Waals surface area contributed by atoms with Gasteiger partial charge in [-0.25, -0.2) is 0 Å². The molecule has 0 aliphatic carbocycles. The molecule has 0 spiro atoms. The molecule has 0 radical (unpaired) electrons. The molecule has 0 saturated carbocycles. The summed E-state index contributed by atoms with van der Waals surface area (Å²) in [6.07, 6.45) is 1.61. The van der Waals surface area contributed by atoms with Gasteiger partial charge in [0, 0.05) is 24.7 Å². The number of rotatable bonds is 6. The van der Waals surface area contributed by atoms with E-state index in [1.807, 2.05) is 18.2 Å². The fourth-order valence-electron chi connectivity index (χ4n) is 2.08. The largest absolute Gasteiger partial charge is 0.497 e. The summed E-state index contributed by atoms with van der Waals surface area (Å²) in [7, 11) is 1.60. The molecular formula is C16H19ClN2O3. The molecule has 0 atom stereocenters. The summed E-state index contributed by atoms with van der Waals surface area (Å²) in [5, 5.41) is 13.7. The summed E-state index contributed by atoms with van der Waals surface area (Å²) in [5.74, 6) is -0.115. The van der Waals surface area contributed by atoms with Crippen molar-refractivity contribution in [2.75, 3.05) is 13.7 Å². The molecule has 0 fully saturated rings. The minimum atomic E-state index is -0.840. The predicted molar refractivity (Wildman–Crippen MR) is 86.4 cm³/mol. The number of nitrogens with one attached hydrogen (secondary N) is 1. The topological polar surface area (TPSA) is 71.5 Å². The average molecular weight is 323 g/mol. The zero-order chi connectivity index (χ0) is 16.3. The molecule has 0 aliphatic heterocycles. The van der Waals surface area contributed by atoms with Gasteiger partial charge in [-0.1, -0.05) is 11.6 Å². The van der Waals surface area contributed by atoms with Crippen LogP contribution in [0.25, 0.3) is 10.9 Å². The van der Waals surface area contributed by atoms with Crippen molar-refractivity contribution in [2.24, 2.45) is 5.41 Å². The lowest BCUT2D eigenvalue weighted by molar-refractivity contribution is -0.146. The molecular weight excluding hydrogens is 304 g/mol. The molecule has 0 aliphatic rings. The van der Waals surface area contributed by atoms with E-state index in [0.29, 0.717) is 18.1 Å². The number of aliphatic carboxylic acids is 1. The van der Waals surface area contributed by atoms with Gasteiger partial charge in [-0.2, -0.15) is 0 Å². The van der Waals surface area contributed by atoms with Crippen molar-refractivity contribution < 1.29 is 14.6 Å². The van der Waals surface area contributed by atoms with Gasteiger partial charge in [-0.05, 0) is 37.6 Å². The zero-order valence-electron chi connectivity index (χ0n) is 12.8. The molecule has 1 aromatic heterocycles. The normalized spacial score (nSPS) is 11.6. The fraction of sp³-hybridized carbons (Fsp3) is 0.375. The van der Waals surface area contributed by atoms with Gasteiger partial charge in [-0.15, -0.1) is 0 Å². The first-order valence-corrected chi connectivity index (χ1v) is 7.28. The molecule has 0 amide bonds. The van der Waals surface area contributed by atoms with E-state index in [2.05, 4.69) is 10.3 Å². The van der Waals surface area contributed by atoms with Gasteiger partial charge in [0.25, 0.3) is 0 Å². The molecule has 2 N–H and O–H groups in total. The lowest BCUT2D eigenvalue weighted by atomic mass is 9.94. The van der Waals surface area contributed by atoms with E-state index in [-0.39, 0.29) is 0 Å². The molecule has 1 aromatic carbocycles. The summed E-state index contributed by atoms with van der Waals surface area (Å²) in [4.78, 5) is 15.4. The smallest absolute Gasteiger partial charge is 0.310 e. The van der Waals surface area contributed by atoms with Crippen LogP contribution in [0.2, 0.25) is 5.02 Å². The van der Waals surface area contributed by atoms with Gasteiger partial charge in [-0.3, -0.25) is 9.78 Å². The van der Waals surface area contributed by atoms with Crippen LogP contribution < -0.4 is 10.1 Å². The van der Waals surface area contributed by atoms with Crippen molar-refractivity contribution in [3.63, 3.8) is 0 Å². The van der Waals surface area contributed by atoms with E-state index < -0.39 is 11.4 Å². The molecule has 0 bridgehead atoms. The first-order valence-electron chi connectivity index (χ1n) is 6.90. The fourth-order valence-corrected chi connectivity index (χ4v) is 2.30. The first kappa shape index (κ1) is 16.5. The van der Waals surface area contributed by atoms with E-state index in [9.17, 15) is 4.79 Å². The minimum Gasteiger partial charge on any atom is -0.497 e. The lowest BCUT2D eigenvalue weighted by Crippen LogP contribution is -2.35. The Hall–Kier alpha value is -1.85. The van der Waals surface area contributed by atoms with Gasteiger partial charge in [0.1, 0.15) is 5.75 Å². The third-order valence-corrected chi connectivity index (χ3v) is 3.91. The van der Waals surface area contributed by atoms with Gasteiger partial charge >= 0.3 is 5.97 Å². The number of ether oxygens (including phenoxy) is 1. The second-order valence-electron chi connectivity index (χ2n) is 5.76. The van der Waals surface area contributed by atoms with Gasteiger partial charge in [0.2, 0.25) is 0 Å². The number of fused-ring (bicyclic) bond motifs is 1. The van der Waals surface area contributed by atoms with Crippen LogP contribution in [0.15, 0.2) is 24.4 Å². The number of aromatic nitrogens is 1. The maximum absolute atomic E-state index is 11.1. The van der Waals surface area contributed by atoms with E-state index >= 15 is 0 Å².